The Morgan fingerprint density at radius 2 is 1.90 bits per heavy atom. The van der Waals surface area contributed by atoms with E-state index in [4.69, 9.17) is 4.74 Å². The molecular formula is C22H22N2O5S. The maximum absolute atomic E-state index is 12.8. The molecule has 0 saturated carbocycles. The van der Waals surface area contributed by atoms with Gasteiger partial charge in [0.25, 0.3) is 0 Å². The van der Waals surface area contributed by atoms with Crippen molar-refractivity contribution in [3.05, 3.63) is 89.2 Å². The topological polar surface area (TPSA) is 94.6 Å². The van der Waals surface area contributed by atoms with Gasteiger partial charge in [-0.05, 0) is 54.4 Å². The Balaban J connectivity index is 1.69. The molecule has 0 unspecified atom stereocenters. The van der Waals surface area contributed by atoms with Crippen LogP contribution in [-0.4, -0.2) is 26.5 Å². The Kier molecular flexibility index (Phi) is 6.81. The lowest BCUT2D eigenvalue weighted by atomic mass is 10.1. The van der Waals surface area contributed by atoms with E-state index in [0.29, 0.717) is 17.9 Å². The normalized spacial score (nSPS) is 11.1. The number of carbonyl (C=O) groups excluding carboxylic acids is 1. The van der Waals surface area contributed by atoms with Crippen LogP contribution in [0.1, 0.15) is 27.2 Å². The molecule has 30 heavy (non-hydrogen) atoms. The number of nitrogens with one attached hydrogen (secondary N) is 1. The lowest BCUT2D eigenvalue weighted by Gasteiger charge is -2.12. The number of rotatable bonds is 8. The molecule has 0 atom stereocenters. The van der Waals surface area contributed by atoms with Gasteiger partial charge in [0.2, 0.25) is 10.0 Å². The monoisotopic (exact) mass is 426 g/mol. The summed E-state index contributed by atoms with van der Waals surface area (Å²) in [4.78, 5) is 16.0. The van der Waals surface area contributed by atoms with Crippen molar-refractivity contribution in [2.45, 2.75) is 25.0 Å². The molecule has 0 spiro atoms. The van der Waals surface area contributed by atoms with E-state index in [9.17, 15) is 13.2 Å². The van der Waals surface area contributed by atoms with Crippen molar-refractivity contribution < 1.29 is 22.7 Å². The van der Waals surface area contributed by atoms with E-state index in [-0.39, 0.29) is 17.0 Å². The van der Waals surface area contributed by atoms with Crippen LogP contribution in [-0.2, 0) is 27.9 Å². The van der Waals surface area contributed by atoms with Crippen LogP contribution in [0.25, 0.3) is 0 Å². The van der Waals surface area contributed by atoms with Crippen LogP contribution in [0.5, 0.6) is 5.75 Å². The average Bonchev–Trinajstić information content (AvgIpc) is 2.77. The largest absolute Gasteiger partial charge is 0.487 e. The number of aryl methyl sites for hydroxylation is 1. The summed E-state index contributed by atoms with van der Waals surface area (Å²) in [5, 5.41) is 0. The summed E-state index contributed by atoms with van der Waals surface area (Å²) in [6.07, 6.45) is 1.70. The number of hydrogen-bond acceptors (Lipinski definition) is 6. The van der Waals surface area contributed by atoms with Crippen molar-refractivity contribution in [1.82, 2.24) is 9.71 Å². The maximum Gasteiger partial charge on any atom is 0.337 e. The molecule has 3 aromatic rings. The molecule has 7 nitrogen and oxygen atoms in total. The highest BCUT2D eigenvalue weighted by Gasteiger charge is 2.19. The molecule has 3 rings (SSSR count). The fraction of sp³-hybridized carbons (Fsp3) is 0.182. The lowest BCUT2D eigenvalue weighted by Crippen LogP contribution is -2.24. The highest BCUT2D eigenvalue weighted by Crippen LogP contribution is 2.19. The van der Waals surface area contributed by atoms with Crippen LogP contribution in [0.15, 0.2) is 71.8 Å². The molecule has 0 radical (unpaired) electrons. The van der Waals surface area contributed by atoms with Crippen LogP contribution < -0.4 is 9.46 Å². The number of benzene rings is 2. The average molecular weight is 426 g/mol. The number of methoxy groups -OCH3 is 1. The number of nitrogens with zero attached hydrogens (tertiary/aromatic N) is 1. The zero-order valence-corrected chi connectivity index (χ0v) is 17.5. The van der Waals surface area contributed by atoms with Crippen LogP contribution in [0.2, 0.25) is 0 Å². The van der Waals surface area contributed by atoms with Gasteiger partial charge in [-0.3, -0.25) is 4.98 Å². The van der Waals surface area contributed by atoms with Gasteiger partial charge in [0.15, 0.2) is 0 Å². The second kappa shape index (κ2) is 9.51. The fourth-order valence-corrected chi connectivity index (χ4v) is 4.06. The third kappa shape index (κ3) is 5.43. The Morgan fingerprint density at radius 3 is 2.63 bits per heavy atom. The summed E-state index contributed by atoms with van der Waals surface area (Å²) in [7, 11) is -2.58. The number of esters is 1. The summed E-state index contributed by atoms with van der Waals surface area (Å²) < 4.78 is 38.5. The van der Waals surface area contributed by atoms with Gasteiger partial charge in [-0.15, -0.1) is 0 Å². The van der Waals surface area contributed by atoms with E-state index >= 15 is 0 Å². The molecule has 0 saturated heterocycles. The quantitative estimate of drug-likeness (QED) is 0.556. The number of pyridine rings is 1. The molecule has 1 aromatic heterocycles. The first-order valence-electron chi connectivity index (χ1n) is 9.19. The van der Waals surface area contributed by atoms with Crippen molar-refractivity contribution in [2.75, 3.05) is 7.11 Å². The molecule has 8 heteroatoms. The number of aromatic nitrogens is 1. The van der Waals surface area contributed by atoms with E-state index in [1.165, 1.54) is 19.2 Å². The molecular weight excluding hydrogens is 404 g/mol. The molecule has 0 aliphatic carbocycles. The fourth-order valence-electron chi connectivity index (χ4n) is 2.78. The zero-order chi connectivity index (χ0) is 21.6. The van der Waals surface area contributed by atoms with Crippen molar-refractivity contribution in [1.29, 1.82) is 0 Å². The third-order valence-electron chi connectivity index (χ3n) is 4.38. The van der Waals surface area contributed by atoms with E-state index in [1.54, 1.807) is 43.5 Å². The van der Waals surface area contributed by atoms with E-state index in [1.807, 2.05) is 18.2 Å². The van der Waals surface area contributed by atoms with Crippen LogP contribution in [0.4, 0.5) is 0 Å². The first kappa shape index (κ1) is 21.5. The second-order valence-corrected chi connectivity index (χ2v) is 8.29. The molecule has 0 aliphatic heterocycles. The number of hydrogen-bond donors (Lipinski definition) is 1. The molecule has 0 bridgehead atoms. The highest BCUT2D eigenvalue weighted by atomic mass is 32.2. The summed E-state index contributed by atoms with van der Waals surface area (Å²) in [6, 6.07) is 17.2. The predicted octanol–water partition coefficient (Wildman–Crippen LogP) is 3.23. The first-order valence-corrected chi connectivity index (χ1v) is 10.7. The van der Waals surface area contributed by atoms with Gasteiger partial charge in [-0.2, -0.15) is 0 Å². The predicted molar refractivity (Wildman–Crippen MR) is 112 cm³/mol. The van der Waals surface area contributed by atoms with Crippen molar-refractivity contribution >= 4 is 16.0 Å². The minimum Gasteiger partial charge on any atom is -0.487 e. The Hall–Kier alpha value is -3.23. The molecule has 2 aromatic carbocycles. The number of carbonyl (C=O) groups is 1. The summed E-state index contributed by atoms with van der Waals surface area (Å²) >= 11 is 0. The number of ether oxygens (including phenoxy) is 2. The van der Waals surface area contributed by atoms with Gasteiger partial charge in [-0.1, -0.05) is 24.3 Å². The summed E-state index contributed by atoms with van der Waals surface area (Å²) in [6.45, 7) is 2.06. The third-order valence-corrected chi connectivity index (χ3v) is 5.92. The van der Waals surface area contributed by atoms with Crippen LogP contribution in [0.3, 0.4) is 0 Å². The lowest BCUT2D eigenvalue weighted by molar-refractivity contribution is 0.0600. The minimum atomic E-state index is -3.83. The Bertz CT molecular complexity index is 1130. The van der Waals surface area contributed by atoms with Crippen molar-refractivity contribution in [3.8, 4) is 5.75 Å². The highest BCUT2D eigenvalue weighted by molar-refractivity contribution is 7.89. The molecule has 156 valence electrons. The molecule has 1 N–H and O–H groups in total. The Morgan fingerprint density at radius 1 is 1.07 bits per heavy atom. The van der Waals surface area contributed by atoms with E-state index < -0.39 is 16.0 Å². The summed E-state index contributed by atoms with van der Waals surface area (Å²) in [5.41, 5.74) is 2.24. The smallest absolute Gasteiger partial charge is 0.337 e. The first-order chi connectivity index (χ1) is 14.4. The van der Waals surface area contributed by atoms with Gasteiger partial charge >= 0.3 is 5.97 Å². The molecule has 0 aliphatic rings. The molecule has 0 fully saturated rings. The second-order valence-electron chi connectivity index (χ2n) is 6.55. The SMILES string of the molecule is COC(=O)c1ccc(C)c(S(=O)(=O)NCc2cccc(OCc3ccccn3)c2)c1. The Labute approximate surface area is 175 Å². The molecule has 0 amide bonds. The van der Waals surface area contributed by atoms with E-state index in [2.05, 4.69) is 14.4 Å². The van der Waals surface area contributed by atoms with Gasteiger partial charge in [0.05, 0.1) is 23.3 Å². The minimum absolute atomic E-state index is 0.0351. The van der Waals surface area contributed by atoms with Gasteiger partial charge in [-0.25, -0.2) is 17.9 Å². The summed E-state index contributed by atoms with van der Waals surface area (Å²) in [5.74, 6) is 0.0189. The number of sulfonamides is 1. The van der Waals surface area contributed by atoms with Gasteiger partial charge < -0.3 is 9.47 Å². The zero-order valence-electron chi connectivity index (χ0n) is 16.7. The van der Waals surface area contributed by atoms with Crippen LogP contribution in [0, 0.1) is 6.92 Å². The van der Waals surface area contributed by atoms with Gasteiger partial charge in [0.1, 0.15) is 12.4 Å². The van der Waals surface area contributed by atoms with Gasteiger partial charge in [0, 0.05) is 12.7 Å². The van der Waals surface area contributed by atoms with E-state index in [0.717, 1.165) is 11.3 Å². The maximum atomic E-state index is 12.8. The van der Waals surface area contributed by atoms with Crippen molar-refractivity contribution in [3.63, 3.8) is 0 Å². The van der Waals surface area contributed by atoms with Crippen molar-refractivity contribution in [2.24, 2.45) is 0 Å². The molecule has 1 heterocycles. The standard InChI is InChI=1S/C22H22N2O5S/c1-16-9-10-18(22(25)28-2)13-21(16)30(26,27)24-14-17-6-5-8-20(12-17)29-15-19-7-3-4-11-23-19/h3-13,24H,14-15H2,1-2H3. The van der Waals surface area contributed by atoms with Crippen LogP contribution >= 0.6 is 0 Å².